The van der Waals surface area contributed by atoms with Gasteiger partial charge >= 0.3 is 0 Å². The Bertz CT molecular complexity index is 880. The Morgan fingerprint density at radius 3 is 1.84 bits per heavy atom. The zero-order chi connectivity index (χ0) is 22.4. The van der Waals surface area contributed by atoms with Crippen LogP contribution in [0.4, 0.5) is 0 Å². The Morgan fingerprint density at radius 2 is 1.19 bits per heavy atom. The molecule has 0 aliphatic carbocycles. The van der Waals surface area contributed by atoms with Crippen LogP contribution >= 0.6 is 11.3 Å². The lowest BCUT2D eigenvalue weighted by atomic mass is 10.0. The number of aromatic nitrogens is 2. The summed E-state index contributed by atoms with van der Waals surface area (Å²) >= 11 is 1.91. The van der Waals surface area contributed by atoms with Crippen molar-refractivity contribution in [2.24, 2.45) is 0 Å². The maximum absolute atomic E-state index is 4.64. The maximum atomic E-state index is 4.64. The Balaban J connectivity index is 1.42. The lowest BCUT2D eigenvalue weighted by Gasteiger charge is -2.05. The van der Waals surface area contributed by atoms with Crippen LogP contribution in [0.3, 0.4) is 0 Å². The number of hydrogen-bond donors (Lipinski definition) is 0. The van der Waals surface area contributed by atoms with E-state index < -0.39 is 0 Å². The van der Waals surface area contributed by atoms with Gasteiger partial charge in [0.2, 0.25) is 0 Å². The van der Waals surface area contributed by atoms with Crippen molar-refractivity contribution in [2.45, 2.75) is 97.3 Å². The second kappa shape index (κ2) is 14.2. The average molecular weight is 449 g/mol. The Kier molecular flexibility index (Phi) is 10.9. The van der Waals surface area contributed by atoms with Gasteiger partial charge in [-0.3, -0.25) is 0 Å². The molecule has 0 bridgehead atoms. The molecule has 3 heteroatoms. The van der Waals surface area contributed by atoms with Crippen molar-refractivity contribution in [2.75, 3.05) is 0 Å². The lowest BCUT2D eigenvalue weighted by Crippen LogP contribution is -1.93. The highest BCUT2D eigenvalue weighted by Crippen LogP contribution is 2.30. The summed E-state index contributed by atoms with van der Waals surface area (Å²) in [6, 6.07) is 13.2. The van der Waals surface area contributed by atoms with Gasteiger partial charge in [-0.05, 0) is 48.9 Å². The van der Waals surface area contributed by atoms with E-state index in [2.05, 4.69) is 60.2 Å². The molecule has 0 unspecified atom stereocenters. The minimum atomic E-state index is 0.821. The molecule has 3 rings (SSSR count). The third kappa shape index (κ3) is 8.16. The normalized spacial score (nSPS) is 11.2. The highest BCUT2D eigenvalue weighted by molar-refractivity contribution is 7.15. The summed E-state index contributed by atoms with van der Waals surface area (Å²) < 4.78 is 0. The number of aryl methyl sites for hydroxylation is 2. The van der Waals surface area contributed by atoms with Crippen molar-refractivity contribution in [1.82, 2.24) is 9.97 Å². The molecule has 32 heavy (non-hydrogen) atoms. The quantitative estimate of drug-likeness (QED) is 0.216. The molecule has 3 aromatic rings. The average Bonchev–Trinajstić information content (AvgIpc) is 3.31. The van der Waals surface area contributed by atoms with E-state index in [9.17, 15) is 0 Å². The van der Waals surface area contributed by atoms with Crippen molar-refractivity contribution in [1.29, 1.82) is 0 Å². The predicted octanol–water partition coefficient (Wildman–Crippen LogP) is 9.29. The first-order chi connectivity index (χ1) is 15.8. The molecule has 0 atom stereocenters. The zero-order valence-electron chi connectivity index (χ0n) is 20.1. The minimum absolute atomic E-state index is 0.821. The van der Waals surface area contributed by atoms with Gasteiger partial charge in [-0.2, -0.15) is 0 Å². The molecule has 2 nitrogen and oxygen atoms in total. The van der Waals surface area contributed by atoms with Gasteiger partial charge in [0.05, 0.1) is 0 Å². The first-order valence-corrected chi connectivity index (χ1v) is 13.6. The fourth-order valence-electron chi connectivity index (χ4n) is 4.07. The van der Waals surface area contributed by atoms with E-state index in [0.29, 0.717) is 0 Å². The molecule has 2 aromatic heterocycles. The third-order valence-electron chi connectivity index (χ3n) is 6.14. The monoisotopic (exact) mass is 448 g/mol. The van der Waals surface area contributed by atoms with Gasteiger partial charge in [0.25, 0.3) is 0 Å². The van der Waals surface area contributed by atoms with Crippen LogP contribution in [0.1, 0.15) is 94.9 Å². The number of rotatable bonds is 15. The molecular weight excluding hydrogens is 408 g/mol. The van der Waals surface area contributed by atoms with Gasteiger partial charge in [0.15, 0.2) is 5.82 Å². The van der Waals surface area contributed by atoms with Gasteiger partial charge in [0, 0.05) is 27.7 Å². The minimum Gasteiger partial charge on any atom is -0.236 e. The van der Waals surface area contributed by atoms with E-state index in [-0.39, 0.29) is 0 Å². The van der Waals surface area contributed by atoms with Crippen LogP contribution in [0, 0.1) is 0 Å². The number of nitrogens with zero attached hydrogens (tertiary/aromatic N) is 2. The fraction of sp³-hybridized carbons (Fsp3) is 0.517. The van der Waals surface area contributed by atoms with Crippen LogP contribution in [-0.2, 0) is 12.8 Å². The summed E-state index contributed by atoms with van der Waals surface area (Å²) in [7, 11) is 0. The van der Waals surface area contributed by atoms with Crippen molar-refractivity contribution in [3.63, 3.8) is 0 Å². The molecule has 0 saturated heterocycles. The maximum Gasteiger partial charge on any atom is 0.159 e. The second-order valence-electron chi connectivity index (χ2n) is 8.94. The smallest absolute Gasteiger partial charge is 0.159 e. The fourth-order valence-corrected chi connectivity index (χ4v) is 5.13. The van der Waals surface area contributed by atoms with Gasteiger partial charge in [-0.25, -0.2) is 9.97 Å². The summed E-state index contributed by atoms with van der Waals surface area (Å²) in [5.74, 6) is 0.821. The van der Waals surface area contributed by atoms with E-state index in [0.717, 1.165) is 17.8 Å². The standard InChI is InChI=1S/C29H40N2S/c1-3-5-7-8-9-10-11-12-13-14-24-22-30-29(31-23-24)26-18-16-25(17-19-26)28-21-20-27(32-28)15-6-4-2/h16-23H,3-15H2,1-2H3. The zero-order valence-corrected chi connectivity index (χ0v) is 20.9. The van der Waals surface area contributed by atoms with Crippen molar-refractivity contribution in [3.8, 4) is 21.8 Å². The summed E-state index contributed by atoms with van der Waals surface area (Å²) in [5, 5.41) is 0. The van der Waals surface area contributed by atoms with Crippen LogP contribution in [-0.4, -0.2) is 9.97 Å². The number of hydrogen-bond acceptors (Lipinski definition) is 3. The van der Waals surface area contributed by atoms with Crippen LogP contribution in [0.25, 0.3) is 21.8 Å². The molecule has 0 amide bonds. The van der Waals surface area contributed by atoms with Crippen LogP contribution in [0.5, 0.6) is 0 Å². The van der Waals surface area contributed by atoms with Crippen molar-refractivity contribution in [3.05, 3.63) is 59.2 Å². The van der Waals surface area contributed by atoms with Crippen molar-refractivity contribution < 1.29 is 0 Å². The Morgan fingerprint density at radius 1 is 0.594 bits per heavy atom. The SMILES string of the molecule is CCCCCCCCCCCc1cnc(-c2ccc(-c3ccc(CCCC)s3)cc2)nc1. The number of benzene rings is 1. The molecule has 0 aliphatic rings. The Hall–Kier alpha value is -2.00. The molecule has 2 heterocycles. The van der Waals surface area contributed by atoms with E-state index in [1.807, 2.05) is 23.7 Å². The van der Waals surface area contributed by atoms with E-state index >= 15 is 0 Å². The van der Waals surface area contributed by atoms with Gasteiger partial charge < -0.3 is 0 Å². The van der Waals surface area contributed by atoms with Crippen LogP contribution in [0.2, 0.25) is 0 Å². The molecule has 0 spiro atoms. The molecule has 0 saturated carbocycles. The summed E-state index contributed by atoms with van der Waals surface area (Å²) in [4.78, 5) is 12.1. The Labute approximate surface area is 199 Å². The topological polar surface area (TPSA) is 25.8 Å². The summed E-state index contributed by atoms with van der Waals surface area (Å²) in [6.45, 7) is 4.53. The lowest BCUT2D eigenvalue weighted by molar-refractivity contribution is 0.564. The van der Waals surface area contributed by atoms with Crippen LogP contribution < -0.4 is 0 Å². The molecule has 0 aliphatic heterocycles. The van der Waals surface area contributed by atoms with Crippen LogP contribution in [0.15, 0.2) is 48.8 Å². The first kappa shape index (κ1) is 24.6. The van der Waals surface area contributed by atoms with Gasteiger partial charge in [-0.15, -0.1) is 11.3 Å². The van der Waals surface area contributed by atoms with Gasteiger partial charge in [0.1, 0.15) is 0 Å². The molecule has 0 radical (unpaired) electrons. The molecule has 0 fully saturated rings. The summed E-state index contributed by atoms with van der Waals surface area (Å²) in [6.07, 6.45) is 21.1. The molecule has 172 valence electrons. The molecule has 0 N–H and O–H groups in total. The number of thiophene rings is 1. The highest BCUT2D eigenvalue weighted by Gasteiger charge is 2.06. The third-order valence-corrected chi connectivity index (χ3v) is 7.33. The van der Waals surface area contributed by atoms with Gasteiger partial charge in [-0.1, -0.05) is 95.9 Å². The predicted molar refractivity (Wildman–Crippen MR) is 140 cm³/mol. The highest BCUT2D eigenvalue weighted by atomic mass is 32.1. The molecular formula is C29H40N2S. The largest absolute Gasteiger partial charge is 0.236 e. The number of unbranched alkanes of at least 4 members (excludes halogenated alkanes) is 9. The first-order valence-electron chi connectivity index (χ1n) is 12.8. The second-order valence-corrected chi connectivity index (χ2v) is 10.1. The summed E-state index contributed by atoms with van der Waals surface area (Å²) in [5.41, 5.74) is 3.63. The molecule has 1 aromatic carbocycles. The van der Waals surface area contributed by atoms with E-state index in [1.54, 1.807) is 0 Å². The van der Waals surface area contributed by atoms with E-state index in [1.165, 1.54) is 97.9 Å². The van der Waals surface area contributed by atoms with E-state index in [4.69, 9.17) is 0 Å². The van der Waals surface area contributed by atoms with Crippen molar-refractivity contribution >= 4 is 11.3 Å².